The molecular weight excluding hydrogens is 226 g/mol. The average Bonchev–Trinajstić information content (AvgIpc) is 2.36. The first-order valence-electron chi connectivity index (χ1n) is 7.35. The summed E-state index contributed by atoms with van der Waals surface area (Å²) in [6.45, 7) is 12.3. The second-order valence-electron chi connectivity index (χ2n) is 5.39. The second kappa shape index (κ2) is 7.74. The third kappa shape index (κ3) is 4.25. The molecule has 18 heavy (non-hydrogen) atoms. The Labute approximate surface area is 111 Å². The number of piperidine rings is 1. The minimum Gasteiger partial charge on any atom is -0.355 e. The Morgan fingerprint density at radius 3 is 2.72 bits per heavy atom. The lowest BCUT2D eigenvalue weighted by molar-refractivity contribution is -0.126. The highest BCUT2D eigenvalue weighted by molar-refractivity contribution is 5.81. The van der Waals surface area contributed by atoms with Crippen molar-refractivity contribution < 1.29 is 4.79 Å². The van der Waals surface area contributed by atoms with Crippen LogP contribution >= 0.6 is 0 Å². The average molecular weight is 255 g/mol. The van der Waals surface area contributed by atoms with Crippen molar-refractivity contribution in [1.29, 1.82) is 0 Å². The molecule has 4 heteroatoms. The number of likely N-dealkylation sites (N-methyl/N-ethyl adjacent to an activating group) is 1. The van der Waals surface area contributed by atoms with Gasteiger partial charge in [-0.15, -0.1) is 0 Å². The monoisotopic (exact) mass is 255 g/mol. The number of likely N-dealkylation sites (tertiary alicyclic amines) is 1. The van der Waals surface area contributed by atoms with E-state index < -0.39 is 0 Å². The molecule has 0 saturated carbocycles. The standard InChI is InChI=1S/C14H29N3O/c1-5-8-16-13-7-9-17(10-11(13)3)12(4)14(18)15-6-2/h11-13,16H,5-10H2,1-4H3,(H,15,18). The first-order valence-corrected chi connectivity index (χ1v) is 7.35. The van der Waals surface area contributed by atoms with Crippen LogP contribution in [-0.2, 0) is 4.79 Å². The molecular formula is C14H29N3O. The van der Waals surface area contributed by atoms with E-state index in [-0.39, 0.29) is 11.9 Å². The number of hydrogen-bond donors (Lipinski definition) is 2. The number of carbonyl (C=O) groups is 1. The predicted octanol–water partition coefficient (Wildman–Crippen LogP) is 1.22. The summed E-state index contributed by atoms with van der Waals surface area (Å²) < 4.78 is 0. The zero-order valence-corrected chi connectivity index (χ0v) is 12.3. The zero-order valence-electron chi connectivity index (χ0n) is 12.3. The van der Waals surface area contributed by atoms with Crippen molar-refractivity contribution in [2.24, 2.45) is 5.92 Å². The van der Waals surface area contributed by atoms with Crippen molar-refractivity contribution >= 4 is 5.91 Å². The van der Waals surface area contributed by atoms with Crippen LogP contribution in [0.5, 0.6) is 0 Å². The Hall–Kier alpha value is -0.610. The molecule has 1 amide bonds. The Morgan fingerprint density at radius 2 is 2.17 bits per heavy atom. The molecule has 1 aliphatic rings. The first kappa shape index (κ1) is 15.4. The maximum absolute atomic E-state index is 11.8. The lowest BCUT2D eigenvalue weighted by atomic mass is 9.92. The molecule has 1 rings (SSSR count). The predicted molar refractivity (Wildman–Crippen MR) is 75.6 cm³/mol. The van der Waals surface area contributed by atoms with Gasteiger partial charge < -0.3 is 10.6 Å². The van der Waals surface area contributed by atoms with Crippen LogP contribution in [0.3, 0.4) is 0 Å². The fourth-order valence-corrected chi connectivity index (χ4v) is 2.65. The third-order valence-electron chi connectivity index (χ3n) is 3.87. The van der Waals surface area contributed by atoms with Crippen LogP contribution in [-0.4, -0.2) is 49.1 Å². The number of rotatable bonds is 6. The van der Waals surface area contributed by atoms with Crippen LogP contribution in [0.15, 0.2) is 0 Å². The van der Waals surface area contributed by atoms with Gasteiger partial charge in [0.25, 0.3) is 0 Å². The molecule has 0 aromatic heterocycles. The van der Waals surface area contributed by atoms with Crippen LogP contribution < -0.4 is 10.6 Å². The summed E-state index contributed by atoms with van der Waals surface area (Å²) in [5, 5.41) is 6.51. The smallest absolute Gasteiger partial charge is 0.237 e. The molecule has 0 radical (unpaired) electrons. The van der Waals surface area contributed by atoms with Crippen molar-refractivity contribution in [3.63, 3.8) is 0 Å². The van der Waals surface area contributed by atoms with E-state index in [2.05, 4.69) is 29.4 Å². The molecule has 1 fully saturated rings. The molecule has 1 heterocycles. The van der Waals surface area contributed by atoms with E-state index in [0.717, 1.165) is 26.1 Å². The van der Waals surface area contributed by atoms with Gasteiger partial charge in [0.2, 0.25) is 5.91 Å². The van der Waals surface area contributed by atoms with Gasteiger partial charge in [0, 0.05) is 25.7 Å². The number of amides is 1. The fraction of sp³-hybridized carbons (Fsp3) is 0.929. The maximum atomic E-state index is 11.8. The zero-order chi connectivity index (χ0) is 13.5. The highest BCUT2D eigenvalue weighted by atomic mass is 16.2. The molecule has 0 spiro atoms. The minimum absolute atomic E-state index is 0.000440. The lowest BCUT2D eigenvalue weighted by Gasteiger charge is -2.39. The van der Waals surface area contributed by atoms with Crippen molar-refractivity contribution in [2.45, 2.75) is 52.6 Å². The largest absolute Gasteiger partial charge is 0.355 e. The number of hydrogen-bond acceptors (Lipinski definition) is 3. The van der Waals surface area contributed by atoms with E-state index in [0.29, 0.717) is 18.5 Å². The van der Waals surface area contributed by atoms with Gasteiger partial charge in [-0.05, 0) is 39.2 Å². The third-order valence-corrected chi connectivity index (χ3v) is 3.87. The van der Waals surface area contributed by atoms with E-state index in [1.807, 2.05) is 13.8 Å². The number of nitrogens with zero attached hydrogens (tertiary/aromatic N) is 1. The SMILES string of the molecule is CCCNC1CCN(C(C)C(=O)NCC)CC1C. The van der Waals surface area contributed by atoms with Gasteiger partial charge in [-0.2, -0.15) is 0 Å². The minimum atomic E-state index is -0.000440. The van der Waals surface area contributed by atoms with Gasteiger partial charge in [-0.1, -0.05) is 13.8 Å². The normalized spacial score (nSPS) is 26.9. The molecule has 0 aromatic rings. The summed E-state index contributed by atoms with van der Waals surface area (Å²) >= 11 is 0. The summed E-state index contributed by atoms with van der Waals surface area (Å²) in [5.74, 6) is 0.770. The molecule has 3 atom stereocenters. The number of nitrogens with one attached hydrogen (secondary N) is 2. The topological polar surface area (TPSA) is 44.4 Å². The summed E-state index contributed by atoms with van der Waals surface area (Å²) in [4.78, 5) is 14.1. The van der Waals surface area contributed by atoms with E-state index in [9.17, 15) is 4.79 Å². The molecule has 1 saturated heterocycles. The van der Waals surface area contributed by atoms with Gasteiger partial charge in [-0.25, -0.2) is 0 Å². The van der Waals surface area contributed by atoms with E-state index in [1.54, 1.807) is 0 Å². The van der Waals surface area contributed by atoms with E-state index in [4.69, 9.17) is 0 Å². The first-order chi connectivity index (χ1) is 8.60. The quantitative estimate of drug-likeness (QED) is 0.750. The highest BCUT2D eigenvalue weighted by Gasteiger charge is 2.30. The van der Waals surface area contributed by atoms with Gasteiger partial charge in [0.15, 0.2) is 0 Å². The Kier molecular flexibility index (Phi) is 6.65. The van der Waals surface area contributed by atoms with Crippen molar-refractivity contribution in [3.8, 4) is 0 Å². The molecule has 4 nitrogen and oxygen atoms in total. The van der Waals surface area contributed by atoms with Gasteiger partial charge in [0.05, 0.1) is 6.04 Å². The Bertz CT molecular complexity index is 257. The van der Waals surface area contributed by atoms with Crippen molar-refractivity contribution in [1.82, 2.24) is 15.5 Å². The summed E-state index contributed by atoms with van der Waals surface area (Å²) in [6, 6.07) is 0.613. The lowest BCUT2D eigenvalue weighted by Crippen LogP contribution is -2.54. The van der Waals surface area contributed by atoms with E-state index in [1.165, 1.54) is 6.42 Å². The van der Waals surface area contributed by atoms with Crippen LogP contribution in [0.2, 0.25) is 0 Å². The van der Waals surface area contributed by atoms with Crippen LogP contribution in [0, 0.1) is 5.92 Å². The van der Waals surface area contributed by atoms with Gasteiger partial charge >= 0.3 is 0 Å². The van der Waals surface area contributed by atoms with Crippen molar-refractivity contribution in [3.05, 3.63) is 0 Å². The summed E-state index contributed by atoms with van der Waals surface area (Å²) in [5.41, 5.74) is 0. The molecule has 3 unspecified atom stereocenters. The summed E-state index contributed by atoms with van der Waals surface area (Å²) in [6.07, 6.45) is 2.33. The second-order valence-corrected chi connectivity index (χ2v) is 5.39. The van der Waals surface area contributed by atoms with Gasteiger partial charge in [-0.3, -0.25) is 9.69 Å². The van der Waals surface area contributed by atoms with Crippen LogP contribution in [0.25, 0.3) is 0 Å². The molecule has 0 bridgehead atoms. The molecule has 106 valence electrons. The van der Waals surface area contributed by atoms with E-state index >= 15 is 0 Å². The maximum Gasteiger partial charge on any atom is 0.237 e. The van der Waals surface area contributed by atoms with Crippen molar-refractivity contribution in [2.75, 3.05) is 26.2 Å². The molecule has 2 N–H and O–H groups in total. The van der Waals surface area contributed by atoms with Gasteiger partial charge in [0.1, 0.15) is 0 Å². The van der Waals surface area contributed by atoms with Crippen LogP contribution in [0.1, 0.15) is 40.5 Å². The number of carbonyl (C=O) groups excluding carboxylic acids is 1. The summed E-state index contributed by atoms with van der Waals surface area (Å²) in [7, 11) is 0. The highest BCUT2D eigenvalue weighted by Crippen LogP contribution is 2.18. The molecule has 1 aliphatic heterocycles. The molecule has 0 aromatic carbocycles. The fourth-order valence-electron chi connectivity index (χ4n) is 2.65. The molecule has 0 aliphatic carbocycles. The Morgan fingerprint density at radius 1 is 1.44 bits per heavy atom. The van der Waals surface area contributed by atoms with Crippen LogP contribution in [0.4, 0.5) is 0 Å². The Balaban J connectivity index is 2.42.